The van der Waals surface area contributed by atoms with Crippen LogP contribution in [0.5, 0.6) is 0 Å². The van der Waals surface area contributed by atoms with Crippen molar-refractivity contribution in [3.8, 4) is 0 Å². The van der Waals surface area contributed by atoms with E-state index >= 15 is 0 Å². The molecule has 2 N–H and O–H groups in total. The molecule has 2 atom stereocenters. The number of hydrogen-bond acceptors (Lipinski definition) is 4. The fourth-order valence-corrected chi connectivity index (χ4v) is 3.06. The first-order chi connectivity index (χ1) is 12.0. The van der Waals surface area contributed by atoms with Gasteiger partial charge in [-0.3, -0.25) is 4.90 Å². The average molecular weight is 341 g/mol. The van der Waals surface area contributed by atoms with Gasteiger partial charge in [0.2, 0.25) is 0 Å². The van der Waals surface area contributed by atoms with Gasteiger partial charge >= 0.3 is 12.1 Å². The second-order valence-electron chi connectivity index (χ2n) is 6.12. The Morgan fingerprint density at radius 3 is 2.28 bits per heavy atom. The number of nitrogens with zero attached hydrogens (tertiary/aromatic N) is 1. The van der Waals surface area contributed by atoms with E-state index in [1.54, 1.807) is 24.3 Å². The van der Waals surface area contributed by atoms with Crippen LogP contribution in [-0.2, 0) is 21.7 Å². The predicted octanol–water partition coefficient (Wildman–Crippen LogP) is 2.37. The van der Waals surface area contributed by atoms with E-state index in [2.05, 4.69) is 0 Å². The molecule has 0 radical (unpaired) electrons. The maximum Gasteiger partial charge on any atom is 0.410 e. The molecule has 2 aromatic carbocycles. The van der Waals surface area contributed by atoms with Crippen LogP contribution >= 0.6 is 0 Å². The predicted molar refractivity (Wildman–Crippen MR) is 89.7 cm³/mol. The monoisotopic (exact) mass is 341 g/mol. The van der Waals surface area contributed by atoms with Crippen LogP contribution in [0.25, 0.3) is 0 Å². The summed E-state index contributed by atoms with van der Waals surface area (Å²) in [7, 11) is 0. The third-order valence-corrected chi connectivity index (χ3v) is 4.38. The van der Waals surface area contributed by atoms with Crippen molar-refractivity contribution in [3.63, 3.8) is 0 Å². The van der Waals surface area contributed by atoms with E-state index in [1.165, 1.54) is 0 Å². The zero-order valence-corrected chi connectivity index (χ0v) is 13.5. The number of rotatable bonds is 4. The van der Waals surface area contributed by atoms with Crippen LogP contribution in [0.15, 0.2) is 60.7 Å². The highest BCUT2D eigenvalue weighted by Crippen LogP contribution is 2.36. The highest BCUT2D eigenvalue weighted by molar-refractivity contribution is 5.81. The van der Waals surface area contributed by atoms with E-state index in [-0.39, 0.29) is 19.6 Å². The normalized spacial score (nSPS) is 22.6. The number of carboxylic acids is 1. The Morgan fingerprint density at radius 1 is 1.08 bits per heavy atom. The SMILES string of the molecule is O=C(O)[C@@H]1C[C@](O)(c2ccccc2)CN1C(=O)OCc1ccccc1. The van der Waals surface area contributed by atoms with Crippen molar-refractivity contribution < 1.29 is 24.5 Å². The second-order valence-corrected chi connectivity index (χ2v) is 6.12. The maximum absolute atomic E-state index is 12.4. The number of benzene rings is 2. The second kappa shape index (κ2) is 6.94. The summed E-state index contributed by atoms with van der Waals surface area (Å²) in [5.74, 6) is -1.16. The molecule has 130 valence electrons. The van der Waals surface area contributed by atoms with E-state index in [1.807, 2.05) is 36.4 Å². The summed E-state index contributed by atoms with van der Waals surface area (Å²) >= 11 is 0. The van der Waals surface area contributed by atoms with Crippen LogP contribution in [0, 0.1) is 0 Å². The van der Waals surface area contributed by atoms with Gasteiger partial charge in [-0.2, -0.15) is 0 Å². The summed E-state index contributed by atoms with van der Waals surface area (Å²) in [4.78, 5) is 25.0. The lowest BCUT2D eigenvalue weighted by Crippen LogP contribution is -2.41. The lowest BCUT2D eigenvalue weighted by atomic mass is 9.91. The van der Waals surface area contributed by atoms with Gasteiger partial charge in [-0.25, -0.2) is 9.59 Å². The van der Waals surface area contributed by atoms with Crippen molar-refractivity contribution in [1.82, 2.24) is 4.90 Å². The van der Waals surface area contributed by atoms with Crippen molar-refractivity contribution >= 4 is 12.1 Å². The van der Waals surface area contributed by atoms with Gasteiger partial charge in [-0.15, -0.1) is 0 Å². The number of carbonyl (C=O) groups excluding carboxylic acids is 1. The van der Waals surface area contributed by atoms with Gasteiger partial charge in [0.15, 0.2) is 0 Å². The quantitative estimate of drug-likeness (QED) is 0.891. The van der Waals surface area contributed by atoms with Gasteiger partial charge in [0.05, 0.1) is 6.54 Å². The van der Waals surface area contributed by atoms with Crippen LogP contribution in [0.2, 0.25) is 0 Å². The average Bonchev–Trinajstić information content (AvgIpc) is 3.01. The molecule has 0 aliphatic carbocycles. The number of β-amino-alcohol motifs (C(OH)–C–C–N with tert-alkyl or cyclic N) is 1. The van der Waals surface area contributed by atoms with Crippen LogP contribution < -0.4 is 0 Å². The minimum absolute atomic E-state index is 0.0479. The molecule has 1 heterocycles. The van der Waals surface area contributed by atoms with Gasteiger partial charge in [-0.05, 0) is 11.1 Å². The highest BCUT2D eigenvalue weighted by Gasteiger charge is 2.49. The molecule has 1 aliphatic heterocycles. The number of carbonyl (C=O) groups is 2. The zero-order valence-electron chi connectivity index (χ0n) is 13.5. The van der Waals surface area contributed by atoms with Gasteiger partial charge in [0, 0.05) is 6.42 Å². The van der Waals surface area contributed by atoms with Crippen molar-refractivity contribution in [3.05, 3.63) is 71.8 Å². The first kappa shape index (κ1) is 17.0. The van der Waals surface area contributed by atoms with Gasteiger partial charge in [-0.1, -0.05) is 60.7 Å². The lowest BCUT2D eigenvalue weighted by Gasteiger charge is -2.23. The smallest absolute Gasteiger partial charge is 0.410 e. The number of aliphatic carboxylic acids is 1. The first-order valence-electron chi connectivity index (χ1n) is 7.98. The third-order valence-electron chi connectivity index (χ3n) is 4.38. The third kappa shape index (κ3) is 3.64. The Labute approximate surface area is 145 Å². The van der Waals surface area contributed by atoms with Crippen molar-refractivity contribution in [2.24, 2.45) is 0 Å². The van der Waals surface area contributed by atoms with Gasteiger partial charge in [0.25, 0.3) is 0 Å². The molecule has 1 fully saturated rings. The first-order valence-corrected chi connectivity index (χ1v) is 7.98. The summed E-state index contributed by atoms with van der Waals surface area (Å²) < 4.78 is 5.23. The molecule has 6 nitrogen and oxygen atoms in total. The Bertz CT molecular complexity index is 749. The number of aliphatic hydroxyl groups is 1. The molecule has 1 amide bonds. The van der Waals surface area contributed by atoms with E-state index in [0.29, 0.717) is 5.56 Å². The van der Waals surface area contributed by atoms with Crippen molar-refractivity contribution in [1.29, 1.82) is 0 Å². The Hall–Kier alpha value is -2.86. The van der Waals surface area contributed by atoms with E-state index in [4.69, 9.17) is 4.74 Å². The lowest BCUT2D eigenvalue weighted by molar-refractivity contribution is -0.141. The highest BCUT2D eigenvalue weighted by atomic mass is 16.6. The molecular weight excluding hydrogens is 322 g/mol. The molecule has 0 unspecified atom stereocenters. The molecule has 0 aromatic heterocycles. The molecule has 6 heteroatoms. The largest absolute Gasteiger partial charge is 0.480 e. The molecule has 0 saturated carbocycles. The molecule has 1 saturated heterocycles. The summed E-state index contributed by atoms with van der Waals surface area (Å²) in [6, 6.07) is 16.8. The van der Waals surface area contributed by atoms with Crippen LogP contribution in [0.3, 0.4) is 0 Å². The van der Waals surface area contributed by atoms with Crippen LogP contribution in [0.1, 0.15) is 17.5 Å². The maximum atomic E-state index is 12.4. The summed E-state index contributed by atoms with van der Waals surface area (Å²) in [5.41, 5.74) is -0.0179. The minimum atomic E-state index is -1.41. The Kier molecular flexibility index (Phi) is 4.72. The number of carboxylic acid groups (broad SMARTS) is 1. The number of likely N-dealkylation sites (tertiary alicyclic amines) is 1. The molecule has 0 bridgehead atoms. The van der Waals surface area contributed by atoms with Crippen LogP contribution in [-0.4, -0.2) is 39.8 Å². The molecule has 0 spiro atoms. The molecule has 2 aromatic rings. The molecule has 1 aliphatic rings. The summed E-state index contributed by atoms with van der Waals surface area (Å²) in [6.07, 6.45) is -0.824. The number of ether oxygens (including phenoxy) is 1. The fourth-order valence-electron chi connectivity index (χ4n) is 3.06. The van der Waals surface area contributed by atoms with E-state index in [9.17, 15) is 19.8 Å². The molecule has 3 rings (SSSR count). The van der Waals surface area contributed by atoms with Gasteiger partial charge in [0.1, 0.15) is 18.2 Å². The summed E-state index contributed by atoms with van der Waals surface area (Å²) in [6.45, 7) is -0.0755. The minimum Gasteiger partial charge on any atom is -0.480 e. The molecular formula is C19H19NO5. The van der Waals surface area contributed by atoms with Crippen molar-refractivity contribution in [2.75, 3.05) is 6.54 Å². The fraction of sp³-hybridized carbons (Fsp3) is 0.263. The van der Waals surface area contributed by atoms with Gasteiger partial charge < -0.3 is 14.9 Å². The Morgan fingerprint density at radius 2 is 1.68 bits per heavy atom. The van der Waals surface area contributed by atoms with Crippen LogP contribution in [0.4, 0.5) is 4.79 Å². The number of hydrogen-bond donors (Lipinski definition) is 2. The molecule has 25 heavy (non-hydrogen) atoms. The summed E-state index contributed by atoms with van der Waals surface area (Å²) in [5, 5.41) is 20.3. The number of amides is 1. The zero-order chi connectivity index (χ0) is 17.9. The standard InChI is InChI=1S/C19H19NO5/c21-17(22)16-11-19(24,15-9-5-2-6-10-15)13-20(16)18(23)25-12-14-7-3-1-4-8-14/h1-10,16,24H,11-13H2,(H,21,22)/t16-,19+/m0/s1. The van der Waals surface area contributed by atoms with E-state index < -0.39 is 23.7 Å². The topological polar surface area (TPSA) is 87.1 Å². The van der Waals surface area contributed by atoms with E-state index in [0.717, 1.165) is 10.5 Å². The van der Waals surface area contributed by atoms with Crippen molar-refractivity contribution in [2.45, 2.75) is 24.7 Å². The Balaban J connectivity index is 1.75.